The standard InChI is InChI=1S/C51H34N4O/c1-4-14-33(15-5-1)36-20-12-21-38(30-36)50-52-49(35-18-8-3-9-19-35)53-51(54-50)39-26-28-41-42-23-13-25-46(48(42)56-47(41)32-39)55-44-24-11-10-22-40(44)43-31-37(27-29-45(43)55)34-16-6-2-7-17-34/h1-32,51H,(H,52,53,54). The lowest BCUT2D eigenvalue weighted by atomic mass is 10.0. The van der Waals surface area contributed by atoms with Gasteiger partial charge in [-0.3, -0.25) is 0 Å². The Labute approximate surface area is 323 Å². The Bertz CT molecular complexity index is 3160. The van der Waals surface area contributed by atoms with Crippen LogP contribution in [0.2, 0.25) is 0 Å². The van der Waals surface area contributed by atoms with E-state index in [1.54, 1.807) is 0 Å². The summed E-state index contributed by atoms with van der Waals surface area (Å²) in [6.07, 6.45) is -0.477. The summed E-state index contributed by atoms with van der Waals surface area (Å²) in [4.78, 5) is 10.4. The molecule has 3 heterocycles. The monoisotopic (exact) mass is 718 g/mol. The summed E-state index contributed by atoms with van der Waals surface area (Å²) >= 11 is 0. The van der Waals surface area contributed by atoms with Gasteiger partial charge in [-0.05, 0) is 58.7 Å². The Morgan fingerprint density at radius 1 is 0.411 bits per heavy atom. The van der Waals surface area contributed by atoms with Gasteiger partial charge in [0.15, 0.2) is 11.7 Å². The Kier molecular flexibility index (Phi) is 7.49. The molecule has 0 amide bonds. The van der Waals surface area contributed by atoms with Crippen molar-refractivity contribution in [3.05, 3.63) is 211 Å². The molecule has 1 atom stereocenters. The van der Waals surface area contributed by atoms with E-state index in [9.17, 15) is 0 Å². The van der Waals surface area contributed by atoms with E-state index in [-0.39, 0.29) is 0 Å². The Hall–Kier alpha value is -7.50. The van der Waals surface area contributed by atoms with Crippen LogP contribution < -0.4 is 5.32 Å². The second-order valence-electron chi connectivity index (χ2n) is 14.2. The zero-order valence-corrected chi connectivity index (χ0v) is 30.3. The van der Waals surface area contributed by atoms with Crippen LogP contribution in [0.5, 0.6) is 0 Å². The molecule has 0 aliphatic carbocycles. The molecule has 0 bridgehead atoms. The lowest BCUT2D eigenvalue weighted by molar-refractivity contribution is 0.663. The van der Waals surface area contributed by atoms with Gasteiger partial charge in [0.1, 0.15) is 17.3 Å². The predicted octanol–water partition coefficient (Wildman–Crippen LogP) is 12.5. The highest BCUT2D eigenvalue weighted by atomic mass is 16.3. The van der Waals surface area contributed by atoms with Crippen molar-refractivity contribution < 1.29 is 4.42 Å². The average molecular weight is 719 g/mol. The largest absolute Gasteiger partial charge is 0.454 e. The third-order valence-electron chi connectivity index (χ3n) is 10.9. The van der Waals surface area contributed by atoms with Crippen LogP contribution in [-0.2, 0) is 0 Å². The van der Waals surface area contributed by atoms with Crippen molar-refractivity contribution in [3.63, 3.8) is 0 Å². The van der Waals surface area contributed by atoms with Crippen LogP contribution in [-0.4, -0.2) is 16.2 Å². The Morgan fingerprint density at radius 3 is 1.77 bits per heavy atom. The first-order valence-electron chi connectivity index (χ1n) is 18.9. The molecule has 0 saturated heterocycles. The summed E-state index contributed by atoms with van der Waals surface area (Å²) in [5.74, 6) is 1.55. The summed E-state index contributed by atoms with van der Waals surface area (Å²) in [6, 6.07) is 68.0. The molecule has 1 aliphatic rings. The maximum atomic E-state index is 6.88. The van der Waals surface area contributed by atoms with E-state index in [2.05, 4.69) is 180 Å². The molecule has 1 aliphatic heterocycles. The first-order valence-corrected chi connectivity index (χ1v) is 18.9. The summed E-state index contributed by atoms with van der Waals surface area (Å²) in [5.41, 5.74) is 12.6. The van der Waals surface area contributed by atoms with Gasteiger partial charge in [0, 0.05) is 38.2 Å². The maximum absolute atomic E-state index is 6.88. The number of amidine groups is 2. The lowest BCUT2D eigenvalue weighted by Gasteiger charge is -2.22. The number of hydrogen-bond donors (Lipinski definition) is 1. The van der Waals surface area contributed by atoms with E-state index in [0.29, 0.717) is 0 Å². The molecule has 1 N–H and O–H groups in total. The molecule has 0 radical (unpaired) electrons. The predicted molar refractivity (Wildman–Crippen MR) is 231 cm³/mol. The number of nitrogens with one attached hydrogen (secondary N) is 1. The summed E-state index contributed by atoms with van der Waals surface area (Å²) < 4.78 is 9.23. The number of benzene rings is 8. The summed E-state index contributed by atoms with van der Waals surface area (Å²) in [6.45, 7) is 0. The van der Waals surface area contributed by atoms with Gasteiger partial charge in [0.05, 0.1) is 16.7 Å². The summed E-state index contributed by atoms with van der Waals surface area (Å²) in [5, 5.41) is 8.09. The highest BCUT2D eigenvalue weighted by Gasteiger charge is 2.23. The molecule has 0 spiro atoms. The number of nitrogens with zero attached hydrogens (tertiary/aromatic N) is 3. The second kappa shape index (κ2) is 13.1. The van der Waals surface area contributed by atoms with E-state index in [1.165, 1.54) is 21.9 Å². The van der Waals surface area contributed by atoms with E-state index >= 15 is 0 Å². The molecule has 11 rings (SSSR count). The first kappa shape index (κ1) is 32.0. The molecule has 5 heteroatoms. The minimum atomic E-state index is -0.477. The van der Waals surface area contributed by atoms with Gasteiger partial charge in [-0.15, -0.1) is 0 Å². The first-order chi connectivity index (χ1) is 27.7. The molecule has 0 fully saturated rings. The number of aliphatic imine (C=N–C) groups is 2. The van der Waals surface area contributed by atoms with Gasteiger partial charge in [-0.1, -0.05) is 158 Å². The van der Waals surface area contributed by atoms with Crippen molar-refractivity contribution in [1.29, 1.82) is 0 Å². The van der Waals surface area contributed by atoms with Crippen LogP contribution in [0.25, 0.3) is 71.7 Å². The normalized spacial score (nSPS) is 14.2. The SMILES string of the molecule is c1ccc(C2=NC(c3ccc4c(c3)oc3c(-n5c6ccccc6c6cc(-c7ccccc7)ccc65)cccc34)N=C(c3cccc(-c4ccccc4)c3)N2)cc1. The Morgan fingerprint density at radius 2 is 1.00 bits per heavy atom. The summed E-state index contributed by atoms with van der Waals surface area (Å²) in [7, 11) is 0. The number of para-hydroxylation sites is 2. The fourth-order valence-corrected chi connectivity index (χ4v) is 8.14. The fraction of sp³-hybridized carbons (Fsp3) is 0.0196. The van der Waals surface area contributed by atoms with Gasteiger partial charge in [-0.2, -0.15) is 0 Å². The molecule has 10 aromatic rings. The Balaban J connectivity index is 1.04. The second-order valence-corrected chi connectivity index (χ2v) is 14.2. The maximum Gasteiger partial charge on any atom is 0.169 e. The van der Waals surface area contributed by atoms with Crippen molar-refractivity contribution >= 4 is 55.4 Å². The van der Waals surface area contributed by atoms with Crippen molar-refractivity contribution in [2.75, 3.05) is 0 Å². The smallest absolute Gasteiger partial charge is 0.169 e. The van der Waals surface area contributed by atoms with Gasteiger partial charge < -0.3 is 14.3 Å². The minimum absolute atomic E-state index is 0.477. The van der Waals surface area contributed by atoms with Gasteiger partial charge in [0.25, 0.3) is 0 Å². The van der Waals surface area contributed by atoms with E-state index in [0.717, 1.165) is 78.1 Å². The van der Waals surface area contributed by atoms with Crippen molar-refractivity contribution in [2.24, 2.45) is 9.98 Å². The number of furan rings is 1. The van der Waals surface area contributed by atoms with Crippen LogP contribution in [0.4, 0.5) is 0 Å². The van der Waals surface area contributed by atoms with Crippen LogP contribution >= 0.6 is 0 Å². The zero-order chi connectivity index (χ0) is 37.0. The van der Waals surface area contributed by atoms with Crippen LogP contribution in [0.1, 0.15) is 22.9 Å². The molecular weight excluding hydrogens is 685 g/mol. The topological polar surface area (TPSA) is 54.8 Å². The van der Waals surface area contributed by atoms with Crippen molar-refractivity contribution in [2.45, 2.75) is 6.17 Å². The van der Waals surface area contributed by atoms with Gasteiger partial charge >= 0.3 is 0 Å². The number of hydrogen-bond acceptors (Lipinski definition) is 4. The zero-order valence-electron chi connectivity index (χ0n) is 30.3. The minimum Gasteiger partial charge on any atom is -0.454 e. The van der Waals surface area contributed by atoms with Crippen molar-refractivity contribution in [3.8, 4) is 27.9 Å². The van der Waals surface area contributed by atoms with Gasteiger partial charge in [-0.25, -0.2) is 9.98 Å². The van der Waals surface area contributed by atoms with Crippen LogP contribution in [0.15, 0.2) is 209 Å². The van der Waals surface area contributed by atoms with Crippen LogP contribution in [0.3, 0.4) is 0 Å². The fourth-order valence-electron chi connectivity index (χ4n) is 8.14. The molecule has 2 aromatic heterocycles. The quantitative estimate of drug-likeness (QED) is 0.186. The van der Waals surface area contributed by atoms with Crippen LogP contribution in [0, 0.1) is 0 Å². The molecule has 0 saturated carbocycles. The van der Waals surface area contributed by atoms with Crippen molar-refractivity contribution in [1.82, 2.24) is 9.88 Å². The molecule has 5 nitrogen and oxygen atoms in total. The highest BCUT2D eigenvalue weighted by molar-refractivity contribution is 6.16. The molecule has 8 aromatic carbocycles. The number of aromatic nitrogens is 1. The number of fused-ring (bicyclic) bond motifs is 6. The van der Waals surface area contributed by atoms with E-state index < -0.39 is 6.17 Å². The van der Waals surface area contributed by atoms with E-state index in [1.807, 2.05) is 24.3 Å². The number of rotatable bonds is 6. The van der Waals surface area contributed by atoms with Gasteiger partial charge in [0.2, 0.25) is 0 Å². The molecule has 56 heavy (non-hydrogen) atoms. The molecule has 1 unspecified atom stereocenters. The van der Waals surface area contributed by atoms with E-state index in [4.69, 9.17) is 14.4 Å². The molecular formula is C51H34N4O. The highest BCUT2D eigenvalue weighted by Crippen LogP contribution is 2.40. The third kappa shape index (κ3) is 5.40. The third-order valence-corrected chi connectivity index (χ3v) is 10.9. The average Bonchev–Trinajstić information content (AvgIpc) is 3.82. The lowest BCUT2D eigenvalue weighted by Crippen LogP contribution is -2.36. The molecule has 264 valence electrons.